The first kappa shape index (κ1) is 16.6. The first-order valence-corrected chi connectivity index (χ1v) is 6.51. The Hall–Kier alpha value is -1.43. The van der Waals surface area contributed by atoms with E-state index in [2.05, 4.69) is 4.74 Å². The predicted octanol–water partition coefficient (Wildman–Crippen LogP) is 3.67. The maximum Gasteiger partial charge on any atom is 0.573 e. The number of hydrogen-bond donors (Lipinski definition) is 0. The number of benzene rings is 1. The maximum atomic E-state index is 12.2. The number of carbonyl (C=O) groups is 1. The lowest BCUT2D eigenvalue weighted by Crippen LogP contribution is -2.38. The summed E-state index contributed by atoms with van der Waals surface area (Å²) in [7, 11) is 0. The summed E-state index contributed by atoms with van der Waals surface area (Å²) < 4.78 is 39.8. The number of halogens is 4. The van der Waals surface area contributed by atoms with Crippen LogP contribution in [0.3, 0.4) is 0 Å². The molecule has 0 aliphatic carbocycles. The molecule has 0 aliphatic rings. The molecule has 1 aromatic carbocycles. The smallest absolute Gasteiger partial charge is 0.406 e. The number of hydrogen-bond acceptors (Lipinski definition) is 2. The molecule has 0 unspecified atom stereocenters. The summed E-state index contributed by atoms with van der Waals surface area (Å²) in [5.41, 5.74) is 0.290. The monoisotopic (exact) mass is 309 g/mol. The summed E-state index contributed by atoms with van der Waals surface area (Å²) in [6, 6.07) is 4.77. The van der Waals surface area contributed by atoms with Crippen LogP contribution in [0.25, 0.3) is 0 Å². The molecule has 0 spiro atoms. The Bertz CT molecular complexity index is 446. The van der Waals surface area contributed by atoms with Crippen molar-refractivity contribution >= 4 is 17.5 Å². The van der Waals surface area contributed by atoms with Gasteiger partial charge in [-0.3, -0.25) is 4.79 Å². The van der Waals surface area contributed by atoms with Crippen molar-refractivity contribution in [2.24, 2.45) is 0 Å². The van der Waals surface area contributed by atoms with Gasteiger partial charge in [0.05, 0.1) is 0 Å². The minimum atomic E-state index is -4.74. The van der Waals surface area contributed by atoms with Gasteiger partial charge >= 0.3 is 6.36 Å². The Morgan fingerprint density at radius 3 is 2.25 bits per heavy atom. The Balaban J connectivity index is 2.84. The van der Waals surface area contributed by atoms with Crippen molar-refractivity contribution in [1.82, 2.24) is 4.90 Å². The second-order valence-corrected chi connectivity index (χ2v) is 4.73. The van der Waals surface area contributed by atoms with Crippen LogP contribution in [0.2, 0.25) is 0 Å². The molecule has 0 bridgehead atoms. The number of ether oxygens (including phenoxy) is 1. The molecule has 1 rings (SSSR count). The average molecular weight is 310 g/mol. The molecule has 0 N–H and O–H groups in total. The largest absolute Gasteiger partial charge is 0.573 e. The highest BCUT2D eigenvalue weighted by Gasteiger charge is 2.31. The van der Waals surface area contributed by atoms with Gasteiger partial charge in [-0.2, -0.15) is 0 Å². The van der Waals surface area contributed by atoms with Crippen LogP contribution in [0.1, 0.15) is 24.2 Å². The van der Waals surface area contributed by atoms with Crippen molar-refractivity contribution in [3.05, 3.63) is 29.8 Å². The molecule has 0 atom stereocenters. The van der Waals surface area contributed by atoms with E-state index in [4.69, 9.17) is 11.6 Å². The fraction of sp³-hybridized carbons (Fsp3) is 0.462. The quantitative estimate of drug-likeness (QED) is 0.777. The SMILES string of the molecule is CC(C)N(CCCl)C(=O)c1ccc(OC(F)(F)F)cc1. The summed E-state index contributed by atoms with van der Waals surface area (Å²) >= 11 is 5.63. The molecule has 1 aromatic rings. The van der Waals surface area contributed by atoms with Crippen LogP contribution in [-0.2, 0) is 0 Å². The zero-order valence-corrected chi connectivity index (χ0v) is 11.8. The van der Waals surface area contributed by atoms with E-state index in [-0.39, 0.29) is 17.7 Å². The van der Waals surface area contributed by atoms with Crippen molar-refractivity contribution < 1.29 is 22.7 Å². The van der Waals surface area contributed by atoms with E-state index in [1.165, 1.54) is 12.1 Å². The Morgan fingerprint density at radius 2 is 1.85 bits per heavy atom. The highest BCUT2D eigenvalue weighted by molar-refractivity contribution is 6.18. The number of carbonyl (C=O) groups excluding carboxylic acids is 1. The van der Waals surface area contributed by atoms with E-state index in [1.807, 2.05) is 13.8 Å². The van der Waals surface area contributed by atoms with Gasteiger partial charge in [-0.15, -0.1) is 24.8 Å². The van der Waals surface area contributed by atoms with Crippen LogP contribution >= 0.6 is 11.6 Å². The summed E-state index contributed by atoms with van der Waals surface area (Å²) in [5.74, 6) is -0.346. The standard InChI is InChI=1S/C13H15ClF3NO2/c1-9(2)18(8-7-14)12(19)10-3-5-11(6-4-10)20-13(15,16)17/h3-6,9H,7-8H2,1-2H3. The van der Waals surface area contributed by atoms with E-state index in [1.54, 1.807) is 4.90 Å². The third-order valence-corrected chi connectivity index (χ3v) is 2.71. The molecule has 0 heterocycles. The minimum absolute atomic E-state index is 0.0487. The third kappa shape index (κ3) is 4.92. The van der Waals surface area contributed by atoms with Crippen LogP contribution in [0, 0.1) is 0 Å². The van der Waals surface area contributed by atoms with Gasteiger partial charge in [0.2, 0.25) is 0 Å². The molecular formula is C13H15ClF3NO2. The Kier molecular flexibility index (Phi) is 5.68. The molecule has 0 fully saturated rings. The summed E-state index contributed by atoms with van der Waals surface area (Å²) in [6.07, 6.45) is -4.74. The molecule has 0 radical (unpaired) electrons. The normalized spacial score (nSPS) is 11.6. The average Bonchev–Trinajstić information content (AvgIpc) is 2.33. The lowest BCUT2D eigenvalue weighted by molar-refractivity contribution is -0.274. The highest BCUT2D eigenvalue weighted by atomic mass is 35.5. The van der Waals surface area contributed by atoms with Crippen molar-refractivity contribution in [1.29, 1.82) is 0 Å². The molecule has 7 heteroatoms. The topological polar surface area (TPSA) is 29.5 Å². The molecule has 0 aliphatic heterocycles. The van der Waals surface area contributed by atoms with Crippen LogP contribution in [-0.4, -0.2) is 35.6 Å². The molecule has 0 saturated heterocycles. The van der Waals surface area contributed by atoms with Crippen molar-refractivity contribution in [2.45, 2.75) is 26.3 Å². The maximum absolute atomic E-state index is 12.2. The van der Waals surface area contributed by atoms with Gasteiger partial charge in [-0.1, -0.05) is 0 Å². The lowest BCUT2D eigenvalue weighted by atomic mass is 10.1. The second kappa shape index (κ2) is 6.83. The molecule has 112 valence electrons. The van der Waals surface area contributed by atoms with Crippen LogP contribution in [0.15, 0.2) is 24.3 Å². The fourth-order valence-corrected chi connectivity index (χ4v) is 1.83. The molecule has 0 saturated carbocycles. The Morgan fingerprint density at radius 1 is 1.30 bits per heavy atom. The van der Waals surface area contributed by atoms with E-state index in [0.29, 0.717) is 18.0 Å². The molecular weight excluding hydrogens is 295 g/mol. The summed E-state index contributed by atoms with van der Waals surface area (Å²) in [6.45, 7) is 4.05. The lowest BCUT2D eigenvalue weighted by Gasteiger charge is -2.26. The molecule has 1 amide bonds. The number of amides is 1. The van der Waals surface area contributed by atoms with E-state index < -0.39 is 6.36 Å². The van der Waals surface area contributed by atoms with Gasteiger partial charge in [0.1, 0.15) is 5.75 Å². The molecule has 3 nitrogen and oxygen atoms in total. The van der Waals surface area contributed by atoms with Crippen molar-refractivity contribution in [3.63, 3.8) is 0 Å². The van der Waals surface area contributed by atoms with Crippen LogP contribution in [0.5, 0.6) is 5.75 Å². The minimum Gasteiger partial charge on any atom is -0.406 e. The second-order valence-electron chi connectivity index (χ2n) is 4.35. The van der Waals surface area contributed by atoms with Gasteiger partial charge in [0, 0.05) is 24.0 Å². The fourth-order valence-electron chi connectivity index (χ4n) is 1.65. The molecule has 0 aromatic heterocycles. The van der Waals surface area contributed by atoms with Gasteiger partial charge < -0.3 is 9.64 Å². The van der Waals surface area contributed by atoms with Crippen LogP contribution in [0.4, 0.5) is 13.2 Å². The van der Waals surface area contributed by atoms with E-state index in [0.717, 1.165) is 12.1 Å². The summed E-state index contributed by atoms with van der Waals surface area (Å²) in [5, 5.41) is 0. The first-order chi connectivity index (χ1) is 9.24. The van der Waals surface area contributed by atoms with E-state index in [9.17, 15) is 18.0 Å². The third-order valence-electron chi connectivity index (χ3n) is 2.54. The van der Waals surface area contributed by atoms with Gasteiger partial charge in [-0.05, 0) is 38.1 Å². The van der Waals surface area contributed by atoms with Crippen molar-refractivity contribution in [2.75, 3.05) is 12.4 Å². The zero-order chi connectivity index (χ0) is 15.3. The number of nitrogens with zero attached hydrogens (tertiary/aromatic N) is 1. The molecule has 20 heavy (non-hydrogen) atoms. The van der Waals surface area contributed by atoms with Crippen molar-refractivity contribution in [3.8, 4) is 5.75 Å². The van der Waals surface area contributed by atoms with Crippen LogP contribution < -0.4 is 4.74 Å². The number of rotatable bonds is 5. The van der Waals surface area contributed by atoms with E-state index >= 15 is 0 Å². The van der Waals surface area contributed by atoms with Gasteiger partial charge in [0.15, 0.2) is 0 Å². The van der Waals surface area contributed by atoms with Gasteiger partial charge in [-0.25, -0.2) is 0 Å². The Labute approximate surface area is 120 Å². The summed E-state index contributed by atoms with van der Waals surface area (Å²) in [4.78, 5) is 13.7. The first-order valence-electron chi connectivity index (χ1n) is 5.97. The highest BCUT2D eigenvalue weighted by Crippen LogP contribution is 2.23. The zero-order valence-electron chi connectivity index (χ0n) is 11.1. The predicted molar refractivity (Wildman–Crippen MR) is 70.0 cm³/mol. The number of alkyl halides is 4. The van der Waals surface area contributed by atoms with Gasteiger partial charge in [0.25, 0.3) is 5.91 Å².